The Morgan fingerprint density at radius 2 is 1.68 bits per heavy atom. The quantitative estimate of drug-likeness (QED) is 0.540. The molecule has 0 spiro atoms. The van der Waals surface area contributed by atoms with Crippen molar-refractivity contribution in [2.24, 2.45) is 7.05 Å². The number of aromatic nitrogens is 3. The highest BCUT2D eigenvalue weighted by Gasteiger charge is 2.25. The summed E-state index contributed by atoms with van der Waals surface area (Å²) in [5, 5.41) is 0. The molecule has 5 rings (SSSR count). The zero-order chi connectivity index (χ0) is 23.5. The number of anilines is 2. The van der Waals surface area contributed by atoms with Crippen molar-refractivity contribution < 1.29 is 0 Å². The summed E-state index contributed by atoms with van der Waals surface area (Å²) in [7, 11) is 4.07. The zero-order valence-corrected chi connectivity index (χ0v) is 20.4. The van der Waals surface area contributed by atoms with Crippen LogP contribution in [0, 0.1) is 0 Å². The maximum Gasteiger partial charge on any atom is 0.255 e. The summed E-state index contributed by atoms with van der Waals surface area (Å²) in [4.78, 5) is 26.5. The van der Waals surface area contributed by atoms with Crippen LogP contribution in [0.4, 0.5) is 11.6 Å². The van der Waals surface area contributed by atoms with Crippen molar-refractivity contribution in [2.45, 2.75) is 56.9 Å². The van der Waals surface area contributed by atoms with Gasteiger partial charge >= 0.3 is 0 Å². The average Bonchev–Trinajstić information content (AvgIpc) is 2.91. The van der Waals surface area contributed by atoms with Gasteiger partial charge in [0.05, 0.1) is 5.69 Å². The Kier molecular flexibility index (Phi) is 6.66. The Labute approximate surface area is 202 Å². The van der Waals surface area contributed by atoms with Gasteiger partial charge < -0.3 is 9.80 Å². The summed E-state index contributed by atoms with van der Waals surface area (Å²) in [5.41, 5.74) is 4.28. The smallest absolute Gasteiger partial charge is 0.255 e. The van der Waals surface area contributed by atoms with E-state index in [0.29, 0.717) is 17.7 Å². The normalized spacial score (nSPS) is 19.2. The van der Waals surface area contributed by atoms with E-state index < -0.39 is 0 Å². The molecule has 0 N–H and O–H groups in total. The minimum Gasteiger partial charge on any atom is -0.372 e. The molecule has 6 nitrogen and oxygen atoms in total. The topological polar surface area (TPSA) is 54.3 Å². The van der Waals surface area contributed by atoms with Crippen LogP contribution in [0.2, 0.25) is 0 Å². The lowest BCUT2D eigenvalue weighted by Crippen LogP contribution is -2.38. The van der Waals surface area contributed by atoms with Crippen molar-refractivity contribution in [1.29, 1.82) is 0 Å². The van der Waals surface area contributed by atoms with Gasteiger partial charge in [0.15, 0.2) is 0 Å². The maximum atomic E-state index is 12.7. The van der Waals surface area contributed by atoms with E-state index in [-0.39, 0.29) is 5.56 Å². The van der Waals surface area contributed by atoms with Gasteiger partial charge in [-0.2, -0.15) is 0 Å². The van der Waals surface area contributed by atoms with Crippen LogP contribution in [0.5, 0.6) is 0 Å². The van der Waals surface area contributed by atoms with Gasteiger partial charge in [-0.05, 0) is 55.5 Å². The minimum atomic E-state index is -0.0333. The first-order chi connectivity index (χ1) is 16.6. The van der Waals surface area contributed by atoms with Crippen molar-refractivity contribution in [1.82, 2.24) is 14.5 Å². The second kappa shape index (κ2) is 10.00. The summed E-state index contributed by atoms with van der Waals surface area (Å²) in [6, 6.07) is 15.3. The minimum absolute atomic E-state index is 0.0333. The third kappa shape index (κ3) is 4.72. The SMILES string of the molecule is CN(c1ccc(C2CCCN(c3nc(-c4ccncc4)cc(=O)n3C)C2)cc1)C1CCCCC1. The Hall–Kier alpha value is -3.15. The molecule has 1 aromatic carbocycles. The number of piperidine rings is 1. The van der Waals surface area contributed by atoms with Crippen molar-refractivity contribution in [3.63, 3.8) is 0 Å². The summed E-state index contributed by atoms with van der Waals surface area (Å²) < 4.78 is 1.68. The molecule has 1 aliphatic carbocycles. The first-order valence-electron chi connectivity index (χ1n) is 12.7. The first kappa shape index (κ1) is 22.6. The van der Waals surface area contributed by atoms with Gasteiger partial charge in [0.2, 0.25) is 5.95 Å². The molecule has 3 heterocycles. The second-order valence-corrected chi connectivity index (χ2v) is 9.85. The predicted molar refractivity (Wildman–Crippen MR) is 139 cm³/mol. The van der Waals surface area contributed by atoms with Crippen molar-refractivity contribution in [3.05, 3.63) is 70.8 Å². The molecule has 2 fully saturated rings. The third-order valence-electron chi connectivity index (χ3n) is 7.69. The monoisotopic (exact) mass is 457 g/mol. The van der Waals surface area contributed by atoms with E-state index in [1.54, 1.807) is 23.0 Å². The summed E-state index contributed by atoms with van der Waals surface area (Å²) in [6.07, 6.45) is 12.4. The van der Waals surface area contributed by atoms with Gasteiger partial charge in [-0.1, -0.05) is 31.4 Å². The maximum absolute atomic E-state index is 12.7. The molecular weight excluding hydrogens is 422 g/mol. The molecule has 2 aromatic heterocycles. The van der Waals surface area contributed by atoms with E-state index in [2.05, 4.69) is 46.1 Å². The number of pyridine rings is 1. The molecule has 0 bridgehead atoms. The fourth-order valence-corrected chi connectivity index (χ4v) is 5.57. The molecule has 1 atom stereocenters. The molecular formula is C28H35N5O. The van der Waals surface area contributed by atoms with E-state index in [0.717, 1.165) is 37.4 Å². The average molecular weight is 458 g/mol. The molecule has 6 heteroatoms. The van der Waals surface area contributed by atoms with E-state index in [1.807, 2.05) is 19.2 Å². The fourth-order valence-electron chi connectivity index (χ4n) is 5.57. The molecule has 0 radical (unpaired) electrons. The van der Waals surface area contributed by atoms with Crippen LogP contribution in [-0.4, -0.2) is 40.7 Å². The van der Waals surface area contributed by atoms with Crippen LogP contribution >= 0.6 is 0 Å². The molecule has 178 valence electrons. The van der Waals surface area contributed by atoms with E-state index in [1.165, 1.54) is 43.4 Å². The zero-order valence-electron chi connectivity index (χ0n) is 20.4. The van der Waals surface area contributed by atoms with Crippen LogP contribution in [0.15, 0.2) is 59.7 Å². The lowest BCUT2D eigenvalue weighted by molar-refractivity contribution is 0.427. The highest BCUT2D eigenvalue weighted by Crippen LogP contribution is 2.32. The highest BCUT2D eigenvalue weighted by atomic mass is 16.1. The molecule has 0 amide bonds. The molecule has 1 aliphatic heterocycles. The van der Waals surface area contributed by atoms with E-state index in [4.69, 9.17) is 4.98 Å². The van der Waals surface area contributed by atoms with Crippen LogP contribution < -0.4 is 15.4 Å². The van der Waals surface area contributed by atoms with E-state index >= 15 is 0 Å². The van der Waals surface area contributed by atoms with Crippen molar-refractivity contribution >= 4 is 11.6 Å². The van der Waals surface area contributed by atoms with Crippen LogP contribution in [0.25, 0.3) is 11.3 Å². The fraction of sp³-hybridized carbons (Fsp3) is 0.464. The Morgan fingerprint density at radius 3 is 2.41 bits per heavy atom. The lowest BCUT2D eigenvalue weighted by atomic mass is 9.90. The third-order valence-corrected chi connectivity index (χ3v) is 7.69. The van der Waals surface area contributed by atoms with Gasteiger partial charge in [0, 0.05) is 68.9 Å². The van der Waals surface area contributed by atoms with Gasteiger partial charge in [0.1, 0.15) is 0 Å². The largest absolute Gasteiger partial charge is 0.372 e. The Bertz CT molecular complexity index is 1150. The standard InChI is InChI=1S/C28H35N5O/c1-31(24-8-4-3-5-9-24)25-12-10-21(11-13-25)23-7-6-18-33(20-23)28-30-26(19-27(34)32(28)2)22-14-16-29-17-15-22/h10-17,19,23-24H,3-9,18,20H2,1-2H3. The number of benzene rings is 1. The van der Waals surface area contributed by atoms with Crippen molar-refractivity contribution in [3.8, 4) is 11.3 Å². The molecule has 34 heavy (non-hydrogen) atoms. The van der Waals surface area contributed by atoms with Gasteiger partial charge in [-0.15, -0.1) is 0 Å². The van der Waals surface area contributed by atoms with Gasteiger partial charge in [-0.3, -0.25) is 14.3 Å². The first-order valence-corrected chi connectivity index (χ1v) is 12.7. The molecule has 2 aliphatic rings. The number of hydrogen-bond donors (Lipinski definition) is 0. The van der Waals surface area contributed by atoms with Gasteiger partial charge in [0.25, 0.3) is 5.56 Å². The lowest BCUT2D eigenvalue weighted by Gasteiger charge is -2.35. The van der Waals surface area contributed by atoms with E-state index in [9.17, 15) is 4.79 Å². The van der Waals surface area contributed by atoms with Crippen LogP contribution in [0.3, 0.4) is 0 Å². The highest BCUT2D eigenvalue weighted by molar-refractivity contribution is 5.59. The number of hydrogen-bond acceptors (Lipinski definition) is 5. The van der Waals surface area contributed by atoms with Crippen molar-refractivity contribution in [2.75, 3.05) is 29.9 Å². The molecule has 3 aromatic rings. The summed E-state index contributed by atoms with van der Waals surface area (Å²) >= 11 is 0. The summed E-state index contributed by atoms with van der Waals surface area (Å²) in [5.74, 6) is 1.18. The van der Waals surface area contributed by atoms with Gasteiger partial charge in [-0.25, -0.2) is 4.98 Å². The molecule has 1 unspecified atom stereocenters. The van der Waals surface area contributed by atoms with Crippen LogP contribution in [-0.2, 0) is 7.05 Å². The predicted octanol–water partition coefficient (Wildman–Crippen LogP) is 5.00. The molecule has 1 saturated carbocycles. The molecule has 1 saturated heterocycles. The second-order valence-electron chi connectivity index (χ2n) is 9.85. The number of rotatable bonds is 5. The summed E-state index contributed by atoms with van der Waals surface area (Å²) in [6.45, 7) is 1.79. The van der Waals surface area contributed by atoms with Crippen LogP contribution in [0.1, 0.15) is 56.4 Å². The number of nitrogens with zero attached hydrogens (tertiary/aromatic N) is 5. The Balaban J connectivity index is 1.34. The Morgan fingerprint density at radius 1 is 0.941 bits per heavy atom.